The number of aromatic nitrogens is 1. The third-order valence-corrected chi connectivity index (χ3v) is 4.45. The van der Waals surface area contributed by atoms with Gasteiger partial charge in [0.15, 0.2) is 0 Å². The van der Waals surface area contributed by atoms with Crippen LogP contribution in [0.4, 0.5) is 0 Å². The van der Waals surface area contributed by atoms with Crippen LogP contribution in [0, 0.1) is 0 Å². The van der Waals surface area contributed by atoms with Gasteiger partial charge in [-0.25, -0.2) is 4.98 Å². The number of hydrogen-bond acceptors (Lipinski definition) is 3. The second kappa shape index (κ2) is 6.30. The van der Waals surface area contributed by atoms with E-state index in [1.54, 1.807) is 12.1 Å². The fraction of sp³-hybridized carbons (Fsp3) is 0.0588. The van der Waals surface area contributed by atoms with Crippen molar-refractivity contribution in [3.8, 4) is 0 Å². The molecule has 22 heavy (non-hydrogen) atoms. The van der Waals surface area contributed by atoms with Crippen LogP contribution in [-0.2, 0) is 4.79 Å². The molecule has 0 unspecified atom stereocenters. The van der Waals surface area contributed by atoms with E-state index in [0.717, 1.165) is 20.8 Å². The summed E-state index contributed by atoms with van der Waals surface area (Å²) in [7, 11) is 0. The number of carboxylic acids is 1. The normalized spacial score (nSPS) is 11.8. The van der Waals surface area contributed by atoms with Crippen molar-refractivity contribution < 1.29 is 9.90 Å². The van der Waals surface area contributed by atoms with Crippen molar-refractivity contribution in [3.05, 3.63) is 64.1 Å². The molecule has 0 saturated heterocycles. The lowest BCUT2D eigenvalue weighted by Gasteiger charge is -2.02. The minimum Gasteiger partial charge on any atom is -0.481 e. The zero-order valence-corrected chi connectivity index (χ0v) is 13.1. The quantitative estimate of drug-likeness (QED) is 0.735. The molecular weight excluding hydrogens is 318 g/mol. The molecule has 0 fully saturated rings. The molecule has 2 aromatic carbocycles. The van der Waals surface area contributed by atoms with Gasteiger partial charge in [-0.15, -0.1) is 11.3 Å². The first-order valence-corrected chi connectivity index (χ1v) is 7.85. The molecule has 0 saturated carbocycles. The van der Waals surface area contributed by atoms with Gasteiger partial charge in [0.05, 0.1) is 16.6 Å². The van der Waals surface area contributed by atoms with Gasteiger partial charge >= 0.3 is 5.97 Å². The van der Waals surface area contributed by atoms with Crippen molar-refractivity contribution in [2.45, 2.75) is 6.42 Å². The Hall–Kier alpha value is -2.17. The number of fused-ring (bicyclic) bond motifs is 1. The van der Waals surface area contributed by atoms with E-state index >= 15 is 0 Å². The molecule has 3 aromatic rings. The average molecular weight is 330 g/mol. The summed E-state index contributed by atoms with van der Waals surface area (Å²) in [5.41, 5.74) is 2.42. The largest absolute Gasteiger partial charge is 0.481 e. The maximum absolute atomic E-state index is 11.2. The molecule has 3 nitrogen and oxygen atoms in total. The Labute approximate surface area is 136 Å². The molecule has 0 atom stereocenters. The van der Waals surface area contributed by atoms with Gasteiger partial charge in [-0.3, -0.25) is 4.79 Å². The lowest BCUT2D eigenvalue weighted by Crippen LogP contribution is -1.96. The number of benzene rings is 2. The summed E-state index contributed by atoms with van der Waals surface area (Å²) in [5.74, 6) is -0.882. The molecule has 0 amide bonds. The zero-order chi connectivity index (χ0) is 15.5. The van der Waals surface area contributed by atoms with Gasteiger partial charge in [0.25, 0.3) is 0 Å². The van der Waals surface area contributed by atoms with Crippen LogP contribution in [0.25, 0.3) is 21.9 Å². The topological polar surface area (TPSA) is 50.2 Å². The molecule has 0 aliphatic carbocycles. The van der Waals surface area contributed by atoms with E-state index in [1.807, 2.05) is 42.5 Å². The van der Waals surface area contributed by atoms with Gasteiger partial charge < -0.3 is 5.11 Å². The Balaban J connectivity index is 2.07. The monoisotopic (exact) mass is 329 g/mol. The van der Waals surface area contributed by atoms with E-state index in [-0.39, 0.29) is 6.42 Å². The van der Waals surface area contributed by atoms with E-state index < -0.39 is 5.97 Å². The predicted molar refractivity (Wildman–Crippen MR) is 91.2 cm³/mol. The number of aliphatic carboxylic acids is 1. The van der Waals surface area contributed by atoms with Crippen LogP contribution < -0.4 is 0 Å². The minimum atomic E-state index is -0.882. The second-order valence-corrected chi connectivity index (χ2v) is 6.25. The number of nitrogens with zero attached hydrogens (tertiary/aromatic N) is 1. The molecule has 5 heteroatoms. The summed E-state index contributed by atoms with van der Waals surface area (Å²) in [6, 6.07) is 15.1. The summed E-state index contributed by atoms with van der Waals surface area (Å²) in [6.45, 7) is 0. The molecule has 0 aliphatic heterocycles. The molecule has 0 spiro atoms. The molecule has 1 N–H and O–H groups in total. The highest BCUT2D eigenvalue weighted by Gasteiger charge is 2.12. The smallest absolute Gasteiger partial charge is 0.307 e. The van der Waals surface area contributed by atoms with Gasteiger partial charge in [0, 0.05) is 5.02 Å². The van der Waals surface area contributed by atoms with E-state index in [1.165, 1.54) is 11.3 Å². The summed E-state index contributed by atoms with van der Waals surface area (Å²) in [5, 5.41) is 10.5. The highest BCUT2D eigenvalue weighted by atomic mass is 35.5. The SMILES string of the molecule is O=C(O)C/C(=C\c1cccc(Cl)c1)c1nc2ccccc2s1. The molecule has 0 aliphatic rings. The van der Waals surface area contributed by atoms with E-state index in [0.29, 0.717) is 10.6 Å². The first-order valence-electron chi connectivity index (χ1n) is 6.66. The average Bonchev–Trinajstić information content (AvgIpc) is 2.90. The van der Waals surface area contributed by atoms with Gasteiger partial charge in [0.2, 0.25) is 0 Å². The van der Waals surface area contributed by atoms with Gasteiger partial charge in [-0.2, -0.15) is 0 Å². The molecule has 1 heterocycles. The molecule has 0 bridgehead atoms. The number of carboxylic acid groups (broad SMARTS) is 1. The Morgan fingerprint density at radius 2 is 2.05 bits per heavy atom. The molecule has 0 radical (unpaired) electrons. The first kappa shape index (κ1) is 14.8. The lowest BCUT2D eigenvalue weighted by molar-refractivity contribution is -0.135. The van der Waals surface area contributed by atoms with Crippen molar-refractivity contribution >= 4 is 50.8 Å². The molecule has 110 valence electrons. The Bertz CT molecular complexity index is 837. The summed E-state index contributed by atoms with van der Waals surface area (Å²) in [4.78, 5) is 15.7. The van der Waals surface area contributed by atoms with Crippen LogP contribution in [0.2, 0.25) is 5.02 Å². The Morgan fingerprint density at radius 3 is 2.77 bits per heavy atom. The predicted octanol–water partition coefficient (Wildman–Crippen LogP) is 4.97. The fourth-order valence-corrected chi connectivity index (χ4v) is 3.34. The summed E-state index contributed by atoms with van der Waals surface area (Å²) < 4.78 is 1.04. The second-order valence-electron chi connectivity index (χ2n) is 4.78. The highest BCUT2D eigenvalue weighted by molar-refractivity contribution is 7.19. The molecule has 1 aromatic heterocycles. The maximum Gasteiger partial charge on any atom is 0.307 e. The first-order chi connectivity index (χ1) is 10.6. The summed E-state index contributed by atoms with van der Waals surface area (Å²) in [6.07, 6.45) is 1.75. The van der Waals surface area contributed by atoms with Crippen molar-refractivity contribution in [3.63, 3.8) is 0 Å². The van der Waals surface area contributed by atoms with Crippen molar-refractivity contribution in [2.24, 2.45) is 0 Å². The number of hydrogen-bond donors (Lipinski definition) is 1. The third-order valence-electron chi connectivity index (χ3n) is 3.10. The number of carbonyl (C=O) groups is 1. The maximum atomic E-state index is 11.2. The van der Waals surface area contributed by atoms with Gasteiger partial charge in [-0.1, -0.05) is 35.9 Å². The van der Waals surface area contributed by atoms with Crippen LogP contribution >= 0.6 is 22.9 Å². The fourth-order valence-electron chi connectivity index (χ4n) is 2.16. The van der Waals surface area contributed by atoms with E-state index in [9.17, 15) is 4.79 Å². The Kier molecular flexibility index (Phi) is 4.22. The Morgan fingerprint density at radius 1 is 1.23 bits per heavy atom. The standard InChI is InChI=1S/C17H12ClNO2S/c18-13-5-3-4-11(9-13)8-12(10-16(20)21)17-19-14-6-1-2-7-15(14)22-17/h1-9H,10H2,(H,20,21)/b12-8+. The van der Waals surface area contributed by atoms with Crippen LogP contribution in [0.3, 0.4) is 0 Å². The van der Waals surface area contributed by atoms with Gasteiger partial charge in [0.1, 0.15) is 5.01 Å². The number of thiazole rings is 1. The summed E-state index contributed by atoms with van der Waals surface area (Å²) >= 11 is 7.48. The van der Waals surface area contributed by atoms with Crippen molar-refractivity contribution in [1.82, 2.24) is 4.98 Å². The third kappa shape index (κ3) is 3.35. The minimum absolute atomic E-state index is 0.0770. The lowest BCUT2D eigenvalue weighted by atomic mass is 10.1. The van der Waals surface area contributed by atoms with Crippen molar-refractivity contribution in [2.75, 3.05) is 0 Å². The van der Waals surface area contributed by atoms with Crippen LogP contribution in [0.5, 0.6) is 0 Å². The zero-order valence-electron chi connectivity index (χ0n) is 11.5. The van der Waals surface area contributed by atoms with E-state index in [4.69, 9.17) is 16.7 Å². The van der Waals surface area contributed by atoms with E-state index in [2.05, 4.69) is 4.98 Å². The van der Waals surface area contributed by atoms with Crippen molar-refractivity contribution in [1.29, 1.82) is 0 Å². The number of halogens is 1. The molecule has 3 rings (SSSR count). The number of rotatable bonds is 4. The number of para-hydroxylation sites is 1. The van der Waals surface area contributed by atoms with Crippen LogP contribution in [0.1, 0.15) is 17.0 Å². The van der Waals surface area contributed by atoms with Gasteiger partial charge in [-0.05, 0) is 41.5 Å². The van der Waals surface area contributed by atoms with Crippen LogP contribution in [0.15, 0.2) is 48.5 Å². The van der Waals surface area contributed by atoms with Crippen LogP contribution in [-0.4, -0.2) is 16.1 Å². The molecular formula is C17H12ClNO2S. The highest BCUT2D eigenvalue weighted by Crippen LogP contribution is 2.30.